The number of ether oxygens (including phenoxy) is 2. The topological polar surface area (TPSA) is 84.9 Å². The van der Waals surface area contributed by atoms with E-state index in [1.165, 1.54) is 0 Å². The Kier molecular flexibility index (Phi) is 4.36. The van der Waals surface area contributed by atoms with E-state index in [0.717, 1.165) is 16.2 Å². The number of amides is 3. The summed E-state index contributed by atoms with van der Waals surface area (Å²) in [6.07, 6.45) is 5.65. The molecule has 7 nitrogen and oxygen atoms in total. The predicted molar refractivity (Wildman–Crippen MR) is 91.4 cm³/mol. The summed E-state index contributed by atoms with van der Waals surface area (Å²) in [6, 6.07) is 5.65. The Hall–Kier alpha value is -2.83. The molecule has 1 aromatic rings. The molecule has 2 heterocycles. The third kappa shape index (κ3) is 3.05. The van der Waals surface area contributed by atoms with Crippen LogP contribution in [0.15, 0.2) is 30.4 Å². The first-order valence-electron chi connectivity index (χ1n) is 8.79. The number of hydrogen-bond acceptors (Lipinski definition) is 5. The second kappa shape index (κ2) is 6.82. The van der Waals surface area contributed by atoms with Gasteiger partial charge >= 0.3 is 0 Å². The molecule has 0 bridgehead atoms. The van der Waals surface area contributed by atoms with Crippen LogP contribution in [-0.4, -0.2) is 42.5 Å². The molecule has 1 aliphatic carbocycles. The molecule has 0 spiro atoms. The fourth-order valence-corrected chi connectivity index (χ4v) is 3.67. The van der Waals surface area contributed by atoms with Crippen molar-refractivity contribution in [2.45, 2.75) is 19.3 Å². The lowest BCUT2D eigenvalue weighted by molar-refractivity contribution is -0.143. The van der Waals surface area contributed by atoms with Gasteiger partial charge in [0, 0.05) is 6.54 Å². The second-order valence-electron chi connectivity index (χ2n) is 6.71. The number of nitrogens with zero attached hydrogens (tertiary/aromatic N) is 1. The van der Waals surface area contributed by atoms with Gasteiger partial charge in [-0.05, 0) is 37.0 Å². The molecule has 0 aromatic heterocycles. The molecule has 7 heteroatoms. The van der Waals surface area contributed by atoms with Crippen molar-refractivity contribution in [3.8, 4) is 11.5 Å². The monoisotopic (exact) mass is 356 g/mol. The van der Waals surface area contributed by atoms with Crippen LogP contribution in [0.1, 0.15) is 18.4 Å². The minimum Gasteiger partial charge on any atom is -0.454 e. The number of hydrogen-bond donors (Lipinski definition) is 1. The zero-order valence-electron chi connectivity index (χ0n) is 14.3. The Labute approximate surface area is 150 Å². The van der Waals surface area contributed by atoms with Gasteiger partial charge in [0.15, 0.2) is 11.5 Å². The highest BCUT2D eigenvalue weighted by Gasteiger charge is 2.47. The van der Waals surface area contributed by atoms with Crippen molar-refractivity contribution in [1.82, 2.24) is 10.2 Å². The Morgan fingerprint density at radius 3 is 2.50 bits per heavy atom. The Morgan fingerprint density at radius 1 is 1.08 bits per heavy atom. The van der Waals surface area contributed by atoms with Gasteiger partial charge < -0.3 is 14.8 Å². The number of likely N-dealkylation sites (tertiary alicyclic amines) is 1. The largest absolute Gasteiger partial charge is 0.454 e. The predicted octanol–water partition coefficient (Wildman–Crippen LogP) is 1.03. The van der Waals surface area contributed by atoms with Crippen LogP contribution in [0.5, 0.6) is 11.5 Å². The fraction of sp³-hybridized carbons (Fsp3) is 0.421. The Bertz CT molecular complexity index is 762. The normalized spacial score (nSPS) is 23.3. The minimum atomic E-state index is -0.320. The summed E-state index contributed by atoms with van der Waals surface area (Å²) in [5.41, 5.74) is 1.01. The summed E-state index contributed by atoms with van der Waals surface area (Å²) < 4.78 is 10.6. The van der Waals surface area contributed by atoms with Crippen molar-refractivity contribution in [2.24, 2.45) is 11.8 Å². The maximum atomic E-state index is 12.4. The van der Waals surface area contributed by atoms with Gasteiger partial charge in [-0.25, -0.2) is 0 Å². The van der Waals surface area contributed by atoms with Crippen molar-refractivity contribution < 1.29 is 23.9 Å². The van der Waals surface area contributed by atoms with Crippen molar-refractivity contribution >= 4 is 17.7 Å². The van der Waals surface area contributed by atoms with Crippen molar-refractivity contribution in [3.63, 3.8) is 0 Å². The molecule has 0 unspecified atom stereocenters. The molecular weight excluding hydrogens is 336 g/mol. The first-order chi connectivity index (χ1) is 12.6. The van der Waals surface area contributed by atoms with E-state index >= 15 is 0 Å². The maximum absolute atomic E-state index is 12.4. The standard InChI is InChI=1S/C19H20N2O5/c22-17(10-21-18(23)13-3-1-2-4-14(13)19(21)24)20-8-7-12-5-6-15-16(9-12)26-11-25-15/h1-2,5-6,9,13-14H,3-4,7-8,10-11H2,(H,20,22)/t13-,14+. The molecule has 1 fully saturated rings. The first kappa shape index (κ1) is 16.6. The summed E-state index contributed by atoms with van der Waals surface area (Å²) in [7, 11) is 0. The van der Waals surface area contributed by atoms with Crippen LogP contribution in [0.2, 0.25) is 0 Å². The average molecular weight is 356 g/mol. The highest BCUT2D eigenvalue weighted by Crippen LogP contribution is 2.35. The lowest BCUT2D eigenvalue weighted by Crippen LogP contribution is -2.41. The molecule has 1 N–H and O–H groups in total. The molecule has 0 radical (unpaired) electrons. The zero-order valence-corrected chi connectivity index (χ0v) is 14.3. The highest BCUT2D eigenvalue weighted by atomic mass is 16.7. The second-order valence-corrected chi connectivity index (χ2v) is 6.71. The van der Waals surface area contributed by atoms with E-state index in [2.05, 4.69) is 5.32 Å². The Balaban J connectivity index is 1.28. The van der Waals surface area contributed by atoms with Gasteiger partial charge in [0.25, 0.3) is 0 Å². The molecule has 2 aliphatic heterocycles. The van der Waals surface area contributed by atoms with E-state index in [0.29, 0.717) is 31.6 Å². The number of carbonyl (C=O) groups is 3. The first-order valence-corrected chi connectivity index (χ1v) is 8.79. The molecule has 0 saturated carbocycles. The average Bonchev–Trinajstić information content (AvgIpc) is 3.21. The molecule has 2 atom stereocenters. The third-order valence-corrected chi connectivity index (χ3v) is 5.07. The maximum Gasteiger partial charge on any atom is 0.240 e. The third-order valence-electron chi connectivity index (χ3n) is 5.07. The van der Waals surface area contributed by atoms with Crippen LogP contribution in [0.3, 0.4) is 0 Å². The van der Waals surface area contributed by atoms with E-state index in [4.69, 9.17) is 9.47 Å². The number of benzene rings is 1. The van der Waals surface area contributed by atoms with Crippen molar-refractivity contribution in [1.29, 1.82) is 0 Å². The summed E-state index contributed by atoms with van der Waals surface area (Å²) >= 11 is 0. The van der Waals surface area contributed by atoms with E-state index < -0.39 is 0 Å². The van der Waals surface area contributed by atoms with Gasteiger partial charge in [-0.15, -0.1) is 0 Å². The molecule has 4 rings (SSSR count). The lowest BCUT2D eigenvalue weighted by atomic mass is 9.85. The summed E-state index contributed by atoms with van der Waals surface area (Å²) in [4.78, 5) is 38.0. The van der Waals surface area contributed by atoms with E-state index in [1.807, 2.05) is 30.4 Å². The van der Waals surface area contributed by atoms with Gasteiger partial charge in [0.2, 0.25) is 24.5 Å². The number of allylic oxidation sites excluding steroid dienone is 2. The highest BCUT2D eigenvalue weighted by molar-refractivity contribution is 6.07. The van der Waals surface area contributed by atoms with E-state index in [9.17, 15) is 14.4 Å². The summed E-state index contributed by atoms with van der Waals surface area (Å²) in [6.45, 7) is 0.444. The SMILES string of the molecule is O=C(CN1C(=O)[C@H]2CC=CC[C@H]2C1=O)NCCc1ccc2c(c1)OCO2. The lowest BCUT2D eigenvalue weighted by Gasteiger charge is -2.14. The van der Waals surface area contributed by atoms with Crippen LogP contribution >= 0.6 is 0 Å². The molecule has 26 heavy (non-hydrogen) atoms. The van der Waals surface area contributed by atoms with E-state index in [1.54, 1.807) is 0 Å². The van der Waals surface area contributed by atoms with Crippen LogP contribution < -0.4 is 14.8 Å². The Morgan fingerprint density at radius 2 is 1.77 bits per heavy atom. The number of nitrogens with one attached hydrogen (secondary N) is 1. The van der Waals surface area contributed by atoms with Gasteiger partial charge in [-0.1, -0.05) is 18.2 Å². The molecule has 1 saturated heterocycles. The molecule has 1 aromatic carbocycles. The van der Waals surface area contributed by atoms with Crippen LogP contribution in [0, 0.1) is 11.8 Å². The van der Waals surface area contributed by atoms with Crippen molar-refractivity contribution in [2.75, 3.05) is 19.9 Å². The van der Waals surface area contributed by atoms with Gasteiger partial charge in [0.05, 0.1) is 11.8 Å². The van der Waals surface area contributed by atoms with Crippen LogP contribution in [-0.2, 0) is 20.8 Å². The molecule has 3 aliphatic rings. The number of carbonyl (C=O) groups excluding carboxylic acids is 3. The fourth-order valence-electron chi connectivity index (χ4n) is 3.67. The summed E-state index contributed by atoms with van der Waals surface area (Å²) in [5.74, 6) is 0.0607. The van der Waals surface area contributed by atoms with Gasteiger partial charge in [-0.3, -0.25) is 19.3 Å². The summed E-state index contributed by atoms with van der Waals surface area (Å²) in [5, 5.41) is 2.78. The van der Waals surface area contributed by atoms with Crippen molar-refractivity contribution in [3.05, 3.63) is 35.9 Å². The number of fused-ring (bicyclic) bond motifs is 2. The van der Waals surface area contributed by atoms with Crippen LogP contribution in [0.25, 0.3) is 0 Å². The minimum absolute atomic E-state index is 0.203. The van der Waals surface area contributed by atoms with Gasteiger partial charge in [0.1, 0.15) is 6.54 Å². The molecule has 136 valence electrons. The quantitative estimate of drug-likeness (QED) is 0.629. The molecular formula is C19H20N2O5. The van der Waals surface area contributed by atoms with Gasteiger partial charge in [-0.2, -0.15) is 0 Å². The zero-order chi connectivity index (χ0) is 18.1. The van der Waals surface area contributed by atoms with Crippen LogP contribution in [0.4, 0.5) is 0 Å². The smallest absolute Gasteiger partial charge is 0.240 e. The number of rotatable bonds is 5. The van der Waals surface area contributed by atoms with E-state index in [-0.39, 0.29) is 42.9 Å². The number of imide groups is 1. The molecule has 3 amide bonds.